The maximum atomic E-state index is 13.7. The summed E-state index contributed by atoms with van der Waals surface area (Å²) in [4.78, 5) is 27.1. The van der Waals surface area contributed by atoms with Gasteiger partial charge in [-0.15, -0.1) is 0 Å². The highest BCUT2D eigenvalue weighted by Crippen LogP contribution is 2.30. The van der Waals surface area contributed by atoms with E-state index in [1.54, 1.807) is 24.5 Å². The molecule has 0 spiro atoms. The number of nitrogens with one attached hydrogen (secondary N) is 2. The first-order valence-electron chi connectivity index (χ1n) is 14.0. The lowest BCUT2D eigenvalue weighted by Crippen LogP contribution is -2.41. The third kappa shape index (κ3) is 7.85. The zero-order chi connectivity index (χ0) is 28.5. The molecule has 1 amide bonds. The highest BCUT2D eigenvalue weighted by atomic mass is 19.1. The maximum Gasteiger partial charge on any atom is 0.242 e. The second-order valence-electron chi connectivity index (χ2n) is 10.2. The van der Waals surface area contributed by atoms with Crippen LogP contribution >= 0.6 is 0 Å². The molecule has 3 heterocycles. The van der Waals surface area contributed by atoms with E-state index in [0.717, 1.165) is 30.5 Å². The molecule has 0 fully saturated rings. The average Bonchev–Trinajstić information content (AvgIpc) is 3.36. The minimum atomic E-state index is -0.440. The fourth-order valence-corrected chi connectivity index (χ4v) is 4.47. The molecule has 4 rings (SSSR count). The molecule has 0 saturated carbocycles. The SMILES string of the molecule is CCCc1cc(NC(CC(C)C)C(=O)NCCCOCC)nc(-c2cncc(-c3cc4cc(F)ccc4o3)c2)n1. The summed E-state index contributed by atoms with van der Waals surface area (Å²) < 4.78 is 25.0. The van der Waals surface area contributed by atoms with Crippen LogP contribution < -0.4 is 10.6 Å². The number of ether oxygens (including phenoxy) is 1. The van der Waals surface area contributed by atoms with Gasteiger partial charge in [-0.05, 0) is 62.4 Å². The predicted molar refractivity (Wildman–Crippen MR) is 155 cm³/mol. The fourth-order valence-electron chi connectivity index (χ4n) is 4.47. The van der Waals surface area contributed by atoms with Gasteiger partial charge in [0, 0.05) is 60.4 Å². The Hall–Kier alpha value is -3.85. The Labute approximate surface area is 234 Å². The normalized spacial score (nSPS) is 12.2. The number of pyridine rings is 1. The summed E-state index contributed by atoms with van der Waals surface area (Å²) in [5.41, 5.74) is 2.92. The first-order chi connectivity index (χ1) is 19.4. The number of benzene rings is 1. The summed E-state index contributed by atoms with van der Waals surface area (Å²) in [6, 6.07) is 9.61. The highest BCUT2D eigenvalue weighted by Gasteiger charge is 2.21. The van der Waals surface area contributed by atoms with Crippen molar-refractivity contribution in [1.82, 2.24) is 20.3 Å². The van der Waals surface area contributed by atoms with E-state index in [1.807, 2.05) is 19.1 Å². The number of aromatic nitrogens is 3. The smallest absolute Gasteiger partial charge is 0.242 e. The van der Waals surface area contributed by atoms with E-state index in [0.29, 0.717) is 66.0 Å². The van der Waals surface area contributed by atoms with Crippen molar-refractivity contribution in [2.45, 2.75) is 59.4 Å². The largest absolute Gasteiger partial charge is 0.456 e. The number of carbonyl (C=O) groups is 1. The topological polar surface area (TPSA) is 102 Å². The van der Waals surface area contributed by atoms with E-state index in [4.69, 9.17) is 19.1 Å². The molecule has 212 valence electrons. The van der Waals surface area contributed by atoms with Crippen LogP contribution in [-0.4, -0.2) is 46.7 Å². The lowest BCUT2D eigenvalue weighted by molar-refractivity contribution is -0.122. The molecular formula is C31H38FN5O3. The number of hydrogen-bond donors (Lipinski definition) is 2. The average molecular weight is 548 g/mol. The van der Waals surface area contributed by atoms with Gasteiger partial charge in [-0.1, -0.05) is 27.2 Å². The molecule has 40 heavy (non-hydrogen) atoms. The van der Waals surface area contributed by atoms with Crippen LogP contribution in [0.25, 0.3) is 33.7 Å². The molecule has 1 atom stereocenters. The molecule has 3 aromatic heterocycles. The van der Waals surface area contributed by atoms with Crippen LogP contribution in [0.4, 0.5) is 10.2 Å². The Bertz CT molecular complexity index is 1420. The fraction of sp³-hybridized carbons (Fsp3) is 0.419. The van der Waals surface area contributed by atoms with Crippen LogP contribution in [0, 0.1) is 11.7 Å². The zero-order valence-electron chi connectivity index (χ0n) is 23.7. The van der Waals surface area contributed by atoms with Crippen molar-refractivity contribution in [3.63, 3.8) is 0 Å². The number of furan rings is 1. The molecule has 0 aliphatic heterocycles. The number of rotatable bonds is 14. The molecule has 0 saturated heterocycles. The second kappa shape index (κ2) is 14.0. The van der Waals surface area contributed by atoms with Crippen molar-refractivity contribution in [1.29, 1.82) is 0 Å². The van der Waals surface area contributed by atoms with E-state index in [9.17, 15) is 9.18 Å². The minimum absolute atomic E-state index is 0.0626. The van der Waals surface area contributed by atoms with Gasteiger partial charge in [0.15, 0.2) is 5.82 Å². The van der Waals surface area contributed by atoms with Crippen LogP contribution in [0.2, 0.25) is 0 Å². The third-order valence-corrected chi connectivity index (χ3v) is 6.36. The minimum Gasteiger partial charge on any atom is -0.456 e. The van der Waals surface area contributed by atoms with Gasteiger partial charge in [0.1, 0.15) is 29.0 Å². The summed E-state index contributed by atoms with van der Waals surface area (Å²) in [5, 5.41) is 7.08. The van der Waals surface area contributed by atoms with Crippen molar-refractivity contribution < 1.29 is 18.3 Å². The molecule has 4 aromatic rings. The summed E-state index contributed by atoms with van der Waals surface area (Å²) in [6.45, 7) is 10.1. The first-order valence-corrected chi connectivity index (χ1v) is 14.0. The molecule has 0 aliphatic rings. The Morgan fingerprint density at radius 1 is 1.07 bits per heavy atom. The maximum absolute atomic E-state index is 13.7. The van der Waals surface area contributed by atoms with Gasteiger partial charge < -0.3 is 19.8 Å². The number of carbonyl (C=O) groups excluding carboxylic acids is 1. The Morgan fingerprint density at radius 2 is 1.90 bits per heavy atom. The number of hydrogen-bond acceptors (Lipinski definition) is 7. The molecule has 8 nitrogen and oxygen atoms in total. The van der Waals surface area contributed by atoms with Gasteiger partial charge >= 0.3 is 0 Å². The number of aryl methyl sites for hydroxylation is 1. The molecular weight excluding hydrogens is 509 g/mol. The molecule has 2 N–H and O–H groups in total. The molecule has 0 radical (unpaired) electrons. The van der Waals surface area contributed by atoms with Crippen molar-refractivity contribution in [3.05, 3.63) is 60.3 Å². The third-order valence-electron chi connectivity index (χ3n) is 6.36. The lowest BCUT2D eigenvalue weighted by atomic mass is 10.0. The molecule has 1 aromatic carbocycles. The van der Waals surface area contributed by atoms with E-state index >= 15 is 0 Å². The zero-order valence-corrected chi connectivity index (χ0v) is 23.7. The number of halogens is 1. The van der Waals surface area contributed by atoms with Crippen molar-refractivity contribution >= 4 is 22.7 Å². The molecule has 0 bridgehead atoms. The van der Waals surface area contributed by atoms with Crippen LogP contribution in [0.15, 0.2) is 53.2 Å². The standard InChI is InChI=1S/C31H38FN5O3/c1-5-8-25-17-29(36-26(13-20(3)4)31(38)34-11-7-12-39-6-2)37-30(35-25)23-14-22(18-33-19-23)28-16-21-15-24(32)9-10-27(21)40-28/h9-10,14-20,26H,5-8,11-13H2,1-4H3,(H,34,38)(H,35,36,37). The Kier molecular flexibility index (Phi) is 10.2. The summed E-state index contributed by atoms with van der Waals surface area (Å²) >= 11 is 0. The first kappa shape index (κ1) is 29.1. The molecule has 0 aliphatic carbocycles. The number of anilines is 1. The van der Waals surface area contributed by atoms with Crippen molar-refractivity contribution in [2.24, 2.45) is 5.92 Å². The van der Waals surface area contributed by atoms with Crippen LogP contribution in [-0.2, 0) is 16.0 Å². The van der Waals surface area contributed by atoms with Crippen LogP contribution in [0.5, 0.6) is 0 Å². The van der Waals surface area contributed by atoms with Crippen LogP contribution in [0.1, 0.15) is 52.7 Å². The summed E-state index contributed by atoms with van der Waals surface area (Å²) in [6.07, 6.45) is 6.50. The highest BCUT2D eigenvalue weighted by molar-refractivity contribution is 5.85. The number of amides is 1. The van der Waals surface area contributed by atoms with Gasteiger partial charge in [-0.2, -0.15) is 0 Å². The van der Waals surface area contributed by atoms with Crippen molar-refractivity contribution in [2.75, 3.05) is 25.1 Å². The lowest BCUT2D eigenvalue weighted by Gasteiger charge is -2.21. The molecule has 1 unspecified atom stereocenters. The van der Waals surface area contributed by atoms with Gasteiger partial charge in [0.25, 0.3) is 0 Å². The molecule has 9 heteroatoms. The number of fused-ring (bicyclic) bond motifs is 1. The van der Waals surface area contributed by atoms with Crippen molar-refractivity contribution in [3.8, 4) is 22.7 Å². The van der Waals surface area contributed by atoms with E-state index < -0.39 is 6.04 Å². The van der Waals surface area contributed by atoms with Gasteiger partial charge in [-0.25, -0.2) is 14.4 Å². The predicted octanol–water partition coefficient (Wildman–Crippen LogP) is 6.41. The van der Waals surface area contributed by atoms with E-state index in [1.165, 1.54) is 12.1 Å². The Balaban J connectivity index is 1.60. The monoisotopic (exact) mass is 547 g/mol. The van der Waals surface area contributed by atoms with Crippen LogP contribution in [0.3, 0.4) is 0 Å². The van der Waals surface area contributed by atoms with E-state index in [2.05, 4.69) is 36.4 Å². The number of nitrogens with zero attached hydrogens (tertiary/aromatic N) is 3. The van der Waals surface area contributed by atoms with Gasteiger partial charge in [0.05, 0.1) is 0 Å². The van der Waals surface area contributed by atoms with Gasteiger partial charge in [-0.3, -0.25) is 9.78 Å². The summed E-state index contributed by atoms with van der Waals surface area (Å²) in [7, 11) is 0. The Morgan fingerprint density at radius 3 is 2.67 bits per heavy atom. The second-order valence-corrected chi connectivity index (χ2v) is 10.2. The summed E-state index contributed by atoms with van der Waals surface area (Å²) in [5.74, 6) is 1.60. The van der Waals surface area contributed by atoms with Gasteiger partial charge in [0.2, 0.25) is 5.91 Å². The quantitative estimate of drug-likeness (QED) is 0.176. The van der Waals surface area contributed by atoms with E-state index in [-0.39, 0.29) is 11.7 Å².